The van der Waals surface area contributed by atoms with Crippen LogP contribution < -0.4 is 5.32 Å². The molecule has 0 radical (unpaired) electrons. The standard InChI is InChI=1S/C58H105NO8/c1-3-5-7-9-11-13-15-17-19-21-22-23-24-25-26-27-28-29-30-32-34-36-38-40-42-44-46-48-54(62)59-51(50-66-58-57(65)56(64)55(63)53(49-60)67-58)52(61)47-45-43-41-39-37-35-33-31-20-18-16-14-12-10-8-6-4-2/h5,7,11,13,17,19,22-23,25-26,51-53,55-58,60-61,63-65H,3-4,6,8-10,12,14-16,18,20-21,24,27-50H2,1-2H3,(H,59,62)/b7-5-,13-11-,19-17-,23-22-,26-25-. The van der Waals surface area contributed by atoms with Crippen LogP contribution in [0.4, 0.5) is 0 Å². The summed E-state index contributed by atoms with van der Waals surface area (Å²) in [5.41, 5.74) is 0. The van der Waals surface area contributed by atoms with E-state index in [9.17, 15) is 30.3 Å². The van der Waals surface area contributed by atoms with E-state index in [1.54, 1.807) is 0 Å². The molecule has 9 heteroatoms. The monoisotopic (exact) mass is 944 g/mol. The highest BCUT2D eigenvalue weighted by Gasteiger charge is 2.44. The van der Waals surface area contributed by atoms with E-state index in [2.05, 4.69) is 79.9 Å². The topological polar surface area (TPSA) is 149 Å². The van der Waals surface area contributed by atoms with Crippen molar-refractivity contribution in [3.8, 4) is 0 Å². The second-order valence-electron chi connectivity index (χ2n) is 19.4. The lowest BCUT2D eigenvalue weighted by atomic mass is 9.99. The Morgan fingerprint density at radius 1 is 0.522 bits per heavy atom. The summed E-state index contributed by atoms with van der Waals surface area (Å²) in [6.45, 7) is 3.74. The summed E-state index contributed by atoms with van der Waals surface area (Å²) >= 11 is 0. The van der Waals surface area contributed by atoms with Crippen LogP contribution >= 0.6 is 0 Å². The number of hydrogen-bond donors (Lipinski definition) is 6. The van der Waals surface area contributed by atoms with Gasteiger partial charge in [-0.3, -0.25) is 4.79 Å². The molecule has 0 aromatic carbocycles. The third-order valence-corrected chi connectivity index (χ3v) is 13.1. The first-order valence-electron chi connectivity index (χ1n) is 28.0. The molecule has 1 heterocycles. The average Bonchev–Trinajstić information content (AvgIpc) is 3.33. The normalized spacial score (nSPS) is 20.1. The Labute approximate surface area is 411 Å². The fourth-order valence-electron chi connectivity index (χ4n) is 8.72. The minimum atomic E-state index is -1.56. The molecule has 0 saturated carbocycles. The molecule has 6 N–H and O–H groups in total. The molecule has 7 atom stereocenters. The van der Waals surface area contributed by atoms with Gasteiger partial charge >= 0.3 is 0 Å². The lowest BCUT2D eigenvalue weighted by Crippen LogP contribution is -2.60. The number of aliphatic hydroxyl groups is 5. The fourth-order valence-corrected chi connectivity index (χ4v) is 8.72. The summed E-state index contributed by atoms with van der Waals surface area (Å²) in [6.07, 6.45) is 56.6. The Hall–Kier alpha value is -2.11. The van der Waals surface area contributed by atoms with Crippen LogP contribution in [-0.4, -0.2) is 87.5 Å². The van der Waals surface area contributed by atoms with Crippen molar-refractivity contribution in [1.82, 2.24) is 5.32 Å². The van der Waals surface area contributed by atoms with Gasteiger partial charge in [0.2, 0.25) is 5.91 Å². The first-order valence-corrected chi connectivity index (χ1v) is 28.0. The Kier molecular flexibility index (Phi) is 44.7. The van der Waals surface area contributed by atoms with Crippen molar-refractivity contribution in [3.05, 3.63) is 60.8 Å². The second-order valence-corrected chi connectivity index (χ2v) is 19.4. The summed E-state index contributed by atoms with van der Waals surface area (Å²) in [5.74, 6) is -0.148. The van der Waals surface area contributed by atoms with Crippen LogP contribution in [0, 0.1) is 0 Å². The molecule has 1 aliphatic rings. The van der Waals surface area contributed by atoms with Gasteiger partial charge in [-0.05, 0) is 57.8 Å². The van der Waals surface area contributed by atoms with Gasteiger partial charge in [0.05, 0.1) is 25.4 Å². The molecular weight excluding hydrogens is 839 g/mol. The summed E-state index contributed by atoms with van der Waals surface area (Å²) < 4.78 is 11.3. The lowest BCUT2D eigenvalue weighted by molar-refractivity contribution is -0.302. The zero-order valence-corrected chi connectivity index (χ0v) is 43.1. The maximum absolute atomic E-state index is 13.1. The van der Waals surface area contributed by atoms with E-state index in [1.165, 1.54) is 148 Å². The Morgan fingerprint density at radius 3 is 1.37 bits per heavy atom. The average molecular weight is 944 g/mol. The maximum atomic E-state index is 13.1. The number of aliphatic hydroxyl groups excluding tert-OH is 5. The highest BCUT2D eigenvalue weighted by Crippen LogP contribution is 2.23. The molecule has 0 spiro atoms. The van der Waals surface area contributed by atoms with Gasteiger partial charge in [0.1, 0.15) is 24.4 Å². The van der Waals surface area contributed by atoms with Crippen molar-refractivity contribution in [3.63, 3.8) is 0 Å². The SMILES string of the molecule is CC/C=C\C/C=C\C/C=C\C/C=C\C/C=C\CCCCCCCCCCCCCC(=O)NC(COC1OC(CO)C(O)C(O)C1O)C(O)CCCCCCCCCCCCCCCCCCC. The number of allylic oxidation sites excluding steroid dienone is 10. The number of nitrogens with one attached hydrogen (secondary N) is 1. The smallest absolute Gasteiger partial charge is 0.220 e. The van der Waals surface area contributed by atoms with Gasteiger partial charge in [-0.2, -0.15) is 0 Å². The van der Waals surface area contributed by atoms with Crippen molar-refractivity contribution in [1.29, 1.82) is 0 Å². The minimum absolute atomic E-state index is 0.140. The number of amides is 1. The number of ether oxygens (including phenoxy) is 2. The van der Waals surface area contributed by atoms with Gasteiger partial charge in [-0.1, -0.05) is 242 Å². The first-order chi connectivity index (χ1) is 32.8. The van der Waals surface area contributed by atoms with Crippen molar-refractivity contribution in [2.75, 3.05) is 13.2 Å². The van der Waals surface area contributed by atoms with Crippen molar-refractivity contribution >= 4 is 5.91 Å². The first kappa shape index (κ1) is 62.9. The summed E-state index contributed by atoms with van der Waals surface area (Å²) in [6, 6.07) is -0.723. The molecule has 390 valence electrons. The van der Waals surface area contributed by atoms with Gasteiger partial charge in [0.15, 0.2) is 6.29 Å². The van der Waals surface area contributed by atoms with E-state index < -0.39 is 49.5 Å². The molecule has 1 fully saturated rings. The molecule has 0 aliphatic carbocycles. The molecule has 7 unspecified atom stereocenters. The zero-order valence-electron chi connectivity index (χ0n) is 43.1. The van der Waals surface area contributed by atoms with Crippen LogP contribution in [0.2, 0.25) is 0 Å². The fraction of sp³-hybridized carbons (Fsp3) is 0.810. The number of carbonyl (C=O) groups excluding carboxylic acids is 1. The summed E-state index contributed by atoms with van der Waals surface area (Å²) in [5, 5.41) is 54.6. The number of hydrogen-bond acceptors (Lipinski definition) is 8. The van der Waals surface area contributed by atoms with Crippen LogP contribution in [-0.2, 0) is 14.3 Å². The summed E-state index contributed by atoms with van der Waals surface area (Å²) in [7, 11) is 0. The van der Waals surface area contributed by atoms with E-state index >= 15 is 0 Å². The largest absolute Gasteiger partial charge is 0.394 e. The van der Waals surface area contributed by atoms with E-state index in [1.807, 2.05) is 0 Å². The van der Waals surface area contributed by atoms with Gasteiger partial charge < -0.3 is 40.3 Å². The summed E-state index contributed by atoms with van der Waals surface area (Å²) in [4.78, 5) is 13.1. The quantitative estimate of drug-likeness (QED) is 0.0261. The molecule has 0 aromatic rings. The molecule has 67 heavy (non-hydrogen) atoms. The van der Waals surface area contributed by atoms with Gasteiger partial charge in [-0.15, -0.1) is 0 Å². The predicted octanol–water partition coefficient (Wildman–Crippen LogP) is 13.5. The van der Waals surface area contributed by atoms with Gasteiger partial charge in [0.25, 0.3) is 0 Å². The molecule has 0 bridgehead atoms. The number of unbranched alkanes of at least 4 members (excludes halogenated alkanes) is 27. The van der Waals surface area contributed by atoms with E-state index in [0.29, 0.717) is 12.8 Å². The Morgan fingerprint density at radius 2 is 0.925 bits per heavy atom. The maximum Gasteiger partial charge on any atom is 0.220 e. The molecule has 0 aromatic heterocycles. The Bertz CT molecular complexity index is 1230. The number of rotatable bonds is 47. The minimum Gasteiger partial charge on any atom is -0.394 e. The predicted molar refractivity (Wildman–Crippen MR) is 281 cm³/mol. The zero-order chi connectivity index (χ0) is 48.7. The lowest BCUT2D eigenvalue weighted by Gasteiger charge is -2.40. The molecular formula is C58H105NO8. The van der Waals surface area contributed by atoms with Crippen LogP contribution in [0.15, 0.2) is 60.8 Å². The molecule has 1 rings (SSSR count). The van der Waals surface area contributed by atoms with E-state index in [-0.39, 0.29) is 12.5 Å². The third-order valence-electron chi connectivity index (χ3n) is 13.1. The third kappa shape index (κ3) is 37.4. The molecule has 1 aliphatic heterocycles. The molecule has 1 amide bonds. The van der Waals surface area contributed by atoms with Crippen LogP contribution in [0.3, 0.4) is 0 Å². The van der Waals surface area contributed by atoms with Gasteiger partial charge in [0, 0.05) is 6.42 Å². The van der Waals surface area contributed by atoms with E-state index in [4.69, 9.17) is 9.47 Å². The second kappa shape index (κ2) is 47.6. The van der Waals surface area contributed by atoms with Gasteiger partial charge in [-0.25, -0.2) is 0 Å². The van der Waals surface area contributed by atoms with Crippen molar-refractivity contribution < 1.29 is 39.8 Å². The van der Waals surface area contributed by atoms with Crippen LogP contribution in [0.25, 0.3) is 0 Å². The van der Waals surface area contributed by atoms with E-state index in [0.717, 1.165) is 70.6 Å². The van der Waals surface area contributed by atoms with Crippen LogP contribution in [0.1, 0.15) is 245 Å². The van der Waals surface area contributed by atoms with Crippen molar-refractivity contribution in [2.24, 2.45) is 0 Å². The highest BCUT2D eigenvalue weighted by molar-refractivity contribution is 5.76. The number of carbonyl (C=O) groups is 1. The Balaban J connectivity index is 2.21. The molecule has 1 saturated heterocycles. The molecule has 9 nitrogen and oxygen atoms in total. The van der Waals surface area contributed by atoms with Crippen molar-refractivity contribution in [2.45, 2.75) is 288 Å². The highest BCUT2D eigenvalue weighted by atomic mass is 16.7. The van der Waals surface area contributed by atoms with Crippen LogP contribution in [0.5, 0.6) is 0 Å².